The number of sulfone groups is 1. The van der Waals surface area contributed by atoms with Crippen molar-refractivity contribution in [2.24, 2.45) is 0 Å². The molecule has 3 aliphatic heterocycles. The Hall–Kier alpha value is -4.08. The molecule has 0 spiro atoms. The Morgan fingerprint density at radius 3 is 2.66 bits per heavy atom. The summed E-state index contributed by atoms with van der Waals surface area (Å²) in [6.45, 7) is 1.54. The lowest BCUT2D eigenvalue weighted by Gasteiger charge is -2.31. The monoisotopic (exact) mass is 622 g/mol. The highest BCUT2D eigenvalue weighted by molar-refractivity contribution is 7.91. The predicted octanol–water partition coefficient (Wildman–Crippen LogP) is 4.61. The van der Waals surface area contributed by atoms with Gasteiger partial charge in [0.2, 0.25) is 0 Å². The first-order valence-electron chi connectivity index (χ1n) is 14.5. The second-order valence-corrected chi connectivity index (χ2v) is 14.1. The van der Waals surface area contributed by atoms with Crippen molar-refractivity contribution in [2.75, 3.05) is 49.2 Å². The van der Waals surface area contributed by atoms with E-state index in [2.05, 4.69) is 20.8 Å². The van der Waals surface area contributed by atoms with Crippen molar-refractivity contribution in [2.45, 2.75) is 31.0 Å². The first-order valence-corrected chi connectivity index (χ1v) is 16.3. The summed E-state index contributed by atoms with van der Waals surface area (Å²) in [5, 5.41) is 11.5. The maximum Gasteiger partial charge on any atom is 0.319 e. The molecule has 4 heterocycles. The van der Waals surface area contributed by atoms with E-state index in [1.807, 2.05) is 0 Å². The minimum Gasteiger partial charge on any atom is -0.508 e. The van der Waals surface area contributed by atoms with Crippen LogP contribution in [0.5, 0.6) is 11.8 Å². The van der Waals surface area contributed by atoms with Crippen LogP contribution in [0.25, 0.3) is 32.8 Å². The molecule has 3 aliphatic rings. The second-order valence-electron chi connectivity index (χ2n) is 11.8. The molecule has 1 N–H and O–H groups in total. The molecule has 3 aromatic carbocycles. The van der Waals surface area contributed by atoms with Gasteiger partial charge in [-0.3, -0.25) is 4.90 Å². The van der Waals surface area contributed by atoms with Gasteiger partial charge in [-0.1, -0.05) is 18.1 Å². The van der Waals surface area contributed by atoms with E-state index in [9.17, 15) is 22.3 Å². The average molecular weight is 623 g/mol. The molecule has 44 heavy (non-hydrogen) atoms. The van der Waals surface area contributed by atoms with Crippen LogP contribution in [-0.2, 0) is 9.84 Å². The van der Waals surface area contributed by atoms with Crippen LogP contribution in [0.3, 0.4) is 0 Å². The summed E-state index contributed by atoms with van der Waals surface area (Å²) < 4.78 is 76.2. The van der Waals surface area contributed by atoms with E-state index in [4.69, 9.17) is 11.2 Å². The van der Waals surface area contributed by atoms with Gasteiger partial charge in [0, 0.05) is 42.4 Å². The molecular formula is C32H29F3N4O4S. The Labute approximate surface area is 252 Å². The summed E-state index contributed by atoms with van der Waals surface area (Å²) in [6, 6.07) is 8.38. The molecule has 2 unspecified atom stereocenters. The Bertz CT molecular complexity index is 1970. The van der Waals surface area contributed by atoms with Gasteiger partial charge in [-0.2, -0.15) is 9.97 Å². The van der Waals surface area contributed by atoms with Crippen LogP contribution >= 0.6 is 0 Å². The number of anilines is 1. The number of aromatic nitrogens is 2. The van der Waals surface area contributed by atoms with Crippen molar-refractivity contribution >= 4 is 37.3 Å². The number of nitrogens with zero attached hydrogens (tertiary/aromatic N) is 4. The zero-order chi connectivity index (χ0) is 30.8. The lowest BCUT2D eigenvalue weighted by atomic mass is 9.93. The zero-order valence-electron chi connectivity index (χ0n) is 23.7. The number of rotatable bonds is 5. The van der Waals surface area contributed by atoms with Gasteiger partial charge < -0.3 is 14.7 Å². The van der Waals surface area contributed by atoms with Gasteiger partial charge in [-0.15, -0.1) is 6.42 Å². The summed E-state index contributed by atoms with van der Waals surface area (Å²) in [5.41, 5.74) is -0.454. The zero-order valence-corrected chi connectivity index (χ0v) is 24.5. The highest BCUT2D eigenvalue weighted by atomic mass is 32.2. The van der Waals surface area contributed by atoms with Crippen LogP contribution in [0, 0.1) is 24.0 Å². The number of hydrogen-bond donors (Lipinski definition) is 1. The van der Waals surface area contributed by atoms with Gasteiger partial charge >= 0.3 is 6.01 Å². The SMILES string of the molecule is C#Cc1c(F)ccc2cc(O)cc(-c3ccc4c(N5CCS(=O)(=O)CC5)nc(OCC56CCCN5CC(F)C6)nc4c3F)c12. The summed E-state index contributed by atoms with van der Waals surface area (Å²) in [6.07, 6.45) is 6.68. The van der Waals surface area contributed by atoms with Gasteiger partial charge in [0.05, 0.1) is 22.6 Å². The molecule has 0 aliphatic carbocycles. The lowest BCUT2D eigenvalue weighted by Crippen LogP contribution is -2.43. The minimum absolute atomic E-state index is 0.0222. The smallest absolute Gasteiger partial charge is 0.319 e. The van der Waals surface area contributed by atoms with Crippen molar-refractivity contribution in [3.8, 4) is 35.2 Å². The highest BCUT2D eigenvalue weighted by Crippen LogP contribution is 2.42. The number of alkyl halides is 1. The van der Waals surface area contributed by atoms with Crippen molar-refractivity contribution in [1.82, 2.24) is 14.9 Å². The Morgan fingerprint density at radius 1 is 1.09 bits per heavy atom. The van der Waals surface area contributed by atoms with Gasteiger partial charge in [0.1, 0.15) is 35.7 Å². The molecule has 12 heteroatoms. The van der Waals surface area contributed by atoms with Crippen LogP contribution in [0.2, 0.25) is 0 Å². The molecule has 1 aromatic heterocycles. The average Bonchev–Trinajstić information content (AvgIpc) is 3.51. The van der Waals surface area contributed by atoms with Crippen molar-refractivity contribution < 1.29 is 31.4 Å². The number of hydrogen-bond acceptors (Lipinski definition) is 8. The Balaban J connectivity index is 1.38. The highest BCUT2D eigenvalue weighted by Gasteiger charge is 2.49. The molecule has 0 bridgehead atoms. The largest absolute Gasteiger partial charge is 0.508 e. The van der Waals surface area contributed by atoms with E-state index < -0.39 is 33.2 Å². The molecule has 2 atom stereocenters. The van der Waals surface area contributed by atoms with Crippen molar-refractivity contribution in [1.29, 1.82) is 0 Å². The third-order valence-electron chi connectivity index (χ3n) is 9.13. The molecule has 3 saturated heterocycles. The van der Waals surface area contributed by atoms with Crippen LogP contribution in [0.4, 0.5) is 19.0 Å². The number of phenolic OH excluding ortho intramolecular Hbond substituents is 1. The first-order chi connectivity index (χ1) is 21.1. The van der Waals surface area contributed by atoms with Crippen LogP contribution < -0.4 is 9.64 Å². The maximum absolute atomic E-state index is 16.7. The number of benzene rings is 3. The topological polar surface area (TPSA) is 95.9 Å². The van der Waals surface area contributed by atoms with Crippen LogP contribution in [0.15, 0.2) is 36.4 Å². The summed E-state index contributed by atoms with van der Waals surface area (Å²) >= 11 is 0. The molecule has 8 nitrogen and oxygen atoms in total. The molecule has 0 amide bonds. The fraction of sp³-hybridized carbons (Fsp3) is 0.375. The number of halogens is 3. The number of terminal acetylenes is 1. The normalized spacial score (nSPS) is 23.2. The van der Waals surface area contributed by atoms with Gasteiger partial charge in [-0.05, 0) is 54.6 Å². The van der Waals surface area contributed by atoms with E-state index in [1.54, 1.807) is 11.0 Å². The minimum atomic E-state index is -3.21. The lowest BCUT2D eigenvalue weighted by molar-refractivity contribution is 0.107. The predicted molar refractivity (Wildman–Crippen MR) is 161 cm³/mol. The van der Waals surface area contributed by atoms with Gasteiger partial charge in [0.25, 0.3) is 0 Å². The third-order valence-corrected chi connectivity index (χ3v) is 10.7. The Kier molecular flexibility index (Phi) is 6.86. The van der Waals surface area contributed by atoms with Crippen molar-refractivity contribution in [3.63, 3.8) is 0 Å². The number of fused-ring (bicyclic) bond motifs is 3. The van der Waals surface area contributed by atoms with Crippen molar-refractivity contribution in [3.05, 3.63) is 53.6 Å². The molecule has 7 rings (SSSR count). The molecule has 228 valence electrons. The standard InChI is InChI=1S/C32H29F3N4O4S/c1-2-22-26(34)7-4-19-14-21(40)15-25(27(19)22)23-5-6-24-29(28(23)35)36-31(37-30(24)38-10-12-44(41,42)13-11-38)43-18-32-8-3-9-39(32)17-20(33)16-32/h1,4-7,14-15,20,40H,3,8-13,16-18H2. The Morgan fingerprint density at radius 2 is 1.89 bits per heavy atom. The fourth-order valence-corrected chi connectivity index (χ4v) is 8.19. The molecular weight excluding hydrogens is 593 g/mol. The maximum atomic E-state index is 16.7. The third kappa shape index (κ3) is 4.79. The molecule has 0 radical (unpaired) electrons. The van der Waals surface area contributed by atoms with E-state index >= 15 is 4.39 Å². The first kappa shape index (κ1) is 28.7. The number of ether oxygens (including phenoxy) is 1. The number of phenols is 1. The molecule has 4 aromatic rings. The molecule has 3 fully saturated rings. The fourth-order valence-electron chi connectivity index (χ4n) is 6.99. The van der Waals surface area contributed by atoms with Crippen LogP contribution in [0.1, 0.15) is 24.8 Å². The summed E-state index contributed by atoms with van der Waals surface area (Å²) in [5.74, 6) is 0.907. The second kappa shape index (κ2) is 10.5. The van der Waals surface area contributed by atoms with E-state index in [1.165, 1.54) is 30.3 Å². The van der Waals surface area contributed by atoms with E-state index in [-0.39, 0.29) is 70.6 Å². The van der Waals surface area contributed by atoms with Gasteiger partial charge in [-0.25, -0.2) is 21.6 Å². The van der Waals surface area contributed by atoms with E-state index in [0.29, 0.717) is 29.6 Å². The molecule has 0 saturated carbocycles. The number of aromatic hydroxyl groups is 1. The quantitative estimate of drug-likeness (QED) is 0.323. The van der Waals surface area contributed by atoms with Gasteiger partial charge in [0.15, 0.2) is 15.7 Å². The summed E-state index contributed by atoms with van der Waals surface area (Å²) in [4.78, 5) is 12.9. The van der Waals surface area contributed by atoms with Crippen LogP contribution in [-0.4, -0.2) is 84.4 Å². The summed E-state index contributed by atoms with van der Waals surface area (Å²) in [7, 11) is -3.21. The van der Waals surface area contributed by atoms with E-state index in [0.717, 1.165) is 19.4 Å².